The smallest absolute Gasteiger partial charge is 0.263 e. The van der Waals surface area contributed by atoms with E-state index in [-0.39, 0.29) is 16.3 Å². The first-order valence-electron chi connectivity index (χ1n) is 5.48. The number of nitrogens with zero attached hydrogens (tertiary/aromatic N) is 1. The molecule has 2 aromatic rings. The third kappa shape index (κ3) is 3.07. The highest BCUT2D eigenvalue weighted by atomic mass is 79.9. The minimum absolute atomic E-state index is 0.208. The summed E-state index contributed by atoms with van der Waals surface area (Å²) in [6.07, 6.45) is 1.98. The number of benzene rings is 1. The van der Waals surface area contributed by atoms with E-state index in [0.29, 0.717) is 4.47 Å². The highest BCUT2D eigenvalue weighted by Crippen LogP contribution is 2.32. The Morgan fingerprint density at radius 1 is 1.30 bits per heavy atom. The quantitative estimate of drug-likeness (QED) is 0.825. The molecule has 0 aliphatic heterocycles. The lowest BCUT2D eigenvalue weighted by atomic mass is 10.2. The van der Waals surface area contributed by atoms with Crippen molar-refractivity contribution in [3.8, 4) is 0 Å². The molecule has 1 aromatic heterocycles. The van der Waals surface area contributed by atoms with E-state index in [1.54, 1.807) is 12.1 Å². The molecule has 0 unspecified atom stereocenters. The first-order valence-corrected chi connectivity index (χ1v) is 7.76. The van der Waals surface area contributed by atoms with Gasteiger partial charge in [-0.05, 0) is 46.6 Å². The number of hydrogen-bond acceptors (Lipinski definition) is 4. The fraction of sp³-hybridized carbons (Fsp3) is 0.0833. The molecule has 5 nitrogen and oxygen atoms in total. The summed E-state index contributed by atoms with van der Waals surface area (Å²) in [5, 5.41) is 0. The normalized spacial score (nSPS) is 11.3. The summed E-state index contributed by atoms with van der Waals surface area (Å²) < 4.78 is 40.2. The van der Waals surface area contributed by atoms with E-state index in [0.717, 1.165) is 24.0 Å². The highest BCUT2D eigenvalue weighted by molar-refractivity contribution is 9.10. The molecule has 0 bridgehead atoms. The van der Waals surface area contributed by atoms with Gasteiger partial charge >= 0.3 is 0 Å². The number of nitrogens with two attached hydrogens (primary N) is 1. The van der Waals surface area contributed by atoms with Gasteiger partial charge in [0.05, 0.1) is 17.6 Å². The van der Waals surface area contributed by atoms with Crippen LogP contribution < -0.4 is 10.5 Å². The van der Waals surface area contributed by atoms with Crippen molar-refractivity contribution in [2.24, 2.45) is 0 Å². The number of nitrogen functional groups attached to an aromatic ring is 1. The minimum atomic E-state index is -3.96. The zero-order chi connectivity index (χ0) is 14.9. The summed E-state index contributed by atoms with van der Waals surface area (Å²) in [5.74, 6) is -0.733. The third-order valence-electron chi connectivity index (χ3n) is 2.49. The molecule has 1 aromatic carbocycles. The van der Waals surface area contributed by atoms with Crippen LogP contribution in [-0.2, 0) is 10.0 Å². The third-order valence-corrected chi connectivity index (χ3v) is 4.43. The van der Waals surface area contributed by atoms with E-state index in [2.05, 4.69) is 25.6 Å². The molecule has 0 saturated heterocycles. The minimum Gasteiger partial charge on any atom is -0.397 e. The number of anilines is 2. The summed E-state index contributed by atoms with van der Waals surface area (Å²) in [6, 6.07) is 4.23. The molecule has 20 heavy (non-hydrogen) atoms. The number of halogens is 2. The summed E-state index contributed by atoms with van der Waals surface area (Å²) in [5.41, 5.74) is 7.15. The number of rotatable bonds is 3. The first kappa shape index (κ1) is 14.7. The van der Waals surface area contributed by atoms with E-state index >= 15 is 0 Å². The maximum absolute atomic E-state index is 13.1. The van der Waals surface area contributed by atoms with Crippen molar-refractivity contribution in [3.63, 3.8) is 0 Å². The maximum Gasteiger partial charge on any atom is 0.263 e. The van der Waals surface area contributed by atoms with E-state index in [4.69, 9.17) is 5.73 Å². The Bertz CT molecular complexity index is 742. The number of pyridine rings is 1. The predicted octanol–water partition coefficient (Wildman–Crippen LogP) is 2.67. The first-order chi connectivity index (χ1) is 9.29. The SMILES string of the molecule is Cc1cc(N)c(NS(=O)(=O)c2cncc(F)c2)c(Br)c1. The average molecular weight is 360 g/mol. The highest BCUT2D eigenvalue weighted by Gasteiger charge is 2.18. The Balaban J connectivity index is 2.44. The van der Waals surface area contributed by atoms with Crippen LogP contribution in [0.15, 0.2) is 40.0 Å². The molecule has 0 aliphatic rings. The number of sulfonamides is 1. The molecule has 0 radical (unpaired) electrons. The molecule has 106 valence electrons. The van der Waals surface area contributed by atoms with Gasteiger partial charge in [0.1, 0.15) is 10.7 Å². The van der Waals surface area contributed by atoms with Crippen molar-refractivity contribution >= 4 is 37.3 Å². The van der Waals surface area contributed by atoms with Crippen molar-refractivity contribution in [2.75, 3.05) is 10.5 Å². The van der Waals surface area contributed by atoms with Gasteiger partial charge in [-0.3, -0.25) is 9.71 Å². The van der Waals surface area contributed by atoms with Crippen LogP contribution in [0.4, 0.5) is 15.8 Å². The zero-order valence-corrected chi connectivity index (χ0v) is 12.8. The monoisotopic (exact) mass is 359 g/mol. The molecular formula is C12H11BrFN3O2S. The number of nitrogens with one attached hydrogen (secondary N) is 1. The van der Waals surface area contributed by atoms with E-state index < -0.39 is 15.8 Å². The second-order valence-corrected chi connectivity index (χ2v) is 6.69. The molecule has 0 fully saturated rings. The molecule has 0 saturated carbocycles. The summed E-state index contributed by atoms with van der Waals surface area (Å²) in [7, 11) is -3.96. The topological polar surface area (TPSA) is 85.1 Å². The Morgan fingerprint density at radius 3 is 2.60 bits per heavy atom. The fourth-order valence-electron chi connectivity index (χ4n) is 1.61. The van der Waals surface area contributed by atoms with Gasteiger partial charge in [-0.25, -0.2) is 12.8 Å². The van der Waals surface area contributed by atoms with Crippen LogP contribution in [0.1, 0.15) is 5.56 Å². The molecule has 2 rings (SSSR count). The molecule has 8 heteroatoms. The van der Waals surface area contributed by atoms with Gasteiger partial charge in [-0.15, -0.1) is 0 Å². The molecule has 0 atom stereocenters. The van der Waals surface area contributed by atoms with E-state index in [9.17, 15) is 12.8 Å². The summed E-state index contributed by atoms with van der Waals surface area (Å²) >= 11 is 3.24. The van der Waals surface area contributed by atoms with Crippen molar-refractivity contribution in [3.05, 3.63) is 46.4 Å². The van der Waals surface area contributed by atoms with Gasteiger partial charge in [0.15, 0.2) is 0 Å². The van der Waals surface area contributed by atoms with Gasteiger partial charge in [0.25, 0.3) is 10.0 Å². The number of aryl methyl sites for hydroxylation is 1. The Labute approximate surface area is 124 Å². The van der Waals surface area contributed by atoms with Gasteiger partial charge in [0, 0.05) is 10.7 Å². The van der Waals surface area contributed by atoms with Crippen LogP contribution in [0.2, 0.25) is 0 Å². The van der Waals surface area contributed by atoms with Crippen LogP contribution in [-0.4, -0.2) is 13.4 Å². The standard InChI is InChI=1S/C12H11BrFN3O2S/c1-7-2-10(13)12(11(15)3-7)17-20(18,19)9-4-8(14)5-16-6-9/h2-6,17H,15H2,1H3. The zero-order valence-electron chi connectivity index (χ0n) is 10.4. The molecular weight excluding hydrogens is 349 g/mol. The molecule has 0 amide bonds. The lowest BCUT2D eigenvalue weighted by Gasteiger charge is -2.13. The predicted molar refractivity (Wildman–Crippen MR) is 78.3 cm³/mol. The molecule has 1 heterocycles. The van der Waals surface area contributed by atoms with E-state index in [1.165, 1.54) is 0 Å². The van der Waals surface area contributed by atoms with E-state index in [1.807, 2.05) is 6.92 Å². The van der Waals surface area contributed by atoms with Gasteiger partial charge in [-0.2, -0.15) is 0 Å². The molecule has 0 spiro atoms. The largest absolute Gasteiger partial charge is 0.397 e. The second-order valence-electron chi connectivity index (χ2n) is 4.16. The van der Waals surface area contributed by atoms with Crippen LogP contribution in [0.25, 0.3) is 0 Å². The lowest BCUT2D eigenvalue weighted by Crippen LogP contribution is -2.15. The van der Waals surface area contributed by atoms with Crippen molar-refractivity contribution < 1.29 is 12.8 Å². The lowest BCUT2D eigenvalue weighted by molar-refractivity contribution is 0.592. The maximum atomic E-state index is 13.1. The van der Waals surface area contributed by atoms with Crippen LogP contribution >= 0.6 is 15.9 Å². The van der Waals surface area contributed by atoms with Crippen LogP contribution in [0.3, 0.4) is 0 Å². The number of hydrogen-bond donors (Lipinski definition) is 2. The Kier molecular flexibility index (Phi) is 3.96. The number of aromatic nitrogens is 1. The Hall–Kier alpha value is -1.67. The average Bonchev–Trinajstić information content (AvgIpc) is 2.34. The van der Waals surface area contributed by atoms with Crippen molar-refractivity contribution in [2.45, 2.75) is 11.8 Å². The van der Waals surface area contributed by atoms with Gasteiger partial charge in [0.2, 0.25) is 0 Å². The van der Waals surface area contributed by atoms with Gasteiger partial charge in [-0.1, -0.05) is 0 Å². The van der Waals surface area contributed by atoms with Crippen molar-refractivity contribution in [1.82, 2.24) is 4.98 Å². The molecule has 0 aliphatic carbocycles. The van der Waals surface area contributed by atoms with Crippen LogP contribution in [0.5, 0.6) is 0 Å². The Morgan fingerprint density at radius 2 is 2.00 bits per heavy atom. The fourth-order valence-corrected chi connectivity index (χ4v) is 3.51. The van der Waals surface area contributed by atoms with Gasteiger partial charge < -0.3 is 5.73 Å². The summed E-state index contributed by atoms with van der Waals surface area (Å²) in [6.45, 7) is 1.83. The van der Waals surface area contributed by atoms with Crippen LogP contribution in [0, 0.1) is 12.7 Å². The summed E-state index contributed by atoms with van der Waals surface area (Å²) in [4.78, 5) is 3.24. The second kappa shape index (κ2) is 5.37. The molecule has 3 N–H and O–H groups in total. The van der Waals surface area contributed by atoms with Crippen molar-refractivity contribution in [1.29, 1.82) is 0 Å².